The van der Waals surface area contributed by atoms with Crippen LogP contribution >= 0.6 is 0 Å². The third-order valence-electron chi connectivity index (χ3n) is 12.1. The second-order valence-corrected chi connectivity index (χ2v) is 16.2. The first-order chi connectivity index (χ1) is 31.6. The third kappa shape index (κ3) is 9.09. The van der Waals surface area contributed by atoms with E-state index >= 15 is 0 Å². The fourth-order valence-electron chi connectivity index (χ4n) is 8.73. The van der Waals surface area contributed by atoms with Gasteiger partial charge in [0.15, 0.2) is 11.6 Å². The summed E-state index contributed by atoms with van der Waals surface area (Å²) in [6, 6.07) is 77.9. The summed E-state index contributed by atoms with van der Waals surface area (Å²) in [7, 11) is 0. The molecule has 0 fully saturated rings. The van der Waals surface area contributed by atoms with Crippen LogP contribution in [0.15, 0.2) is 206 Å². The molecule has 0 spiro atoms. The second kappa shape index (κ2) is 19.6. The average Bonchev–Trinajstić information content (AvgIpc) is 3.82. The minimum absolute atomic E-state index is 0. The molecule has 10 rings (SSSR count). The van der Waals surface area contributed by atoms with E-state index in [-0.39, 0.29) is 21.1 Å². The van der Waals surface area contributed by atoms with Crippen molar-refractivity contribution in [1.29, 1.82) is 0 Å². The number of aromatic nitrogens is 5. The fraction of sp³-hybridized carbons (Fsp3) is 0.103. The number of pyridine rings is 2. The summed E-state index contributed by atoms with van der Waals surface area (Å²) in [5.74, 6) is 3.89. The molecule has 0 bridgehead atoms. The van der Waals surface area contributed by atoms with Crippen molar-refractivity contribution in [3.8, 4) is 51.0 Å². The largest absolute Gasteiger partial charge is 2.00 e. The van der Waals surface area contributed by atoms with Crippen LogP contribution in [0.2, 0.25) is 0 Å². The van der Waals surface area contributed by atoms with E-state index in [4.69, 9.17) is 20.2 Å². The Kier molecular flexibility index (Phi) is 13.0. The fourth-order valence-corrected chi connectivity index (χ4v) is 8.73. The molecule has 7 heteroatoms. The summed E-state index contributed by atoms with van der Waals surface area (Å²) in [6.07, 6.45) is 2.04. The van der Waals surface area contributed by atoms with Gasteiger partial charge in [0.05, 0.1) is 0 Å². The van der Waals surface area contributed by atoms with Gasteiger partial charge in [0.2, 0.25) is 0 Å². The standard InChI is InChI=1S/C58H46N6.Pt/c1-3-42(44-32-34-48(35-33-44)57-61-62-58(64(57)49-24-11-6-12-25-49)52-27-15-23-45-18-13-14-26-51(45)52)40-41(2)43-36-38-50(39-37-43)63(55-30-16-28-53(59-55)46-19-7-4-8-20-46)56-31-17-29-54(60-56)47-21-9-5-10-22-47;/h4-19,21,23-39,41-42H,3,40H2,1-2H3;/q-2;+2. The van der Waals surface area contributed by atoms with Crippen LogP contribution in [0.5, 0.6) is 0 Å². The molecule has 0 amide bonds. The van der Waals surface area contributed by atoms with Crippen molar-refractivity contribution in [1.82, 2.24) is 24.7 Å². The Morgan fingerprint density at radius 3 is 1.74 bits per heavy atom. The topological polar surface area (TPSA) is 59.7 Å². The van der Waals surface area contributed by atoms with Crippen molar-refractivity contribution in [2.24, 2.45) is 0 Å². The molecule has 0 N–H and O–H groups in total. The molecule has 3 heterocycles. The Hall–Kier alpha value is -7.27. The molecule has 10 aromatic rings. The Labute approximate surface area is 395 Å². The second-order valence-electron chi connectivity index (χ2n) is 16.2. The van der Waals surface area contributed by atoms with E-state index in [9.17, 15) is 0 Å². The zero-order chi connectivity index (χ0) is 43.2. The van der Waals surface area contributed by atoms with E-state index in [0.717, 1.165) is 86.5 Å². The van der Waals surface area contributed by atoms with Crippen LogP contribution in [-0.4, -0.2) is 24.7 Å². The number of hydrogen-bond donors (Lipinski definition) is 0. The summed E-state index contributed by atoms with van der Waals surface area (Å²) in [5.41, 5.74) is 10.3. The Balaban J connectivity index is 0.00000533. The molecule has 0 saturated heterocycles. The molecule has 65 heavy (non-hydrogen) atoms. The van der Waals surface area contributed by atoms with Crippen molar-refractivity contribution < 1.29 is 21.1 Å². The van der Waals surface area contributed by atoms with Gasteiger partial charge in [-0.15, -0.1) is 82.0 Å². The molecule has 0 aliphatic rings. The van der Waals surface area contributed by atoms with Crippen LogP contribution in [0.3, 0.4) is 0 Å². The Bertz CT molecular complexity index is 3050. The van der Waals surface area contributed by atoms with Gasteiger partial charge in [0.1, 0.15) is 11.6 Å². The monoisotopic (exact) mass is 1020 g/mol. The molecule has 0 aliphatic carbocycles. The summed E-state index contributed by atoms with van der Waals surface area (Å²) in [6.45, 7) is 4.63. The Morgan fingerprint density at radius 2 is 1.11 bits per heavy atom. The Morgan fingerprint density at radius 1 is 0.538 bits per heavy atom. The summed E-state index contributed by atoms with van der Waals surface area (Å²) >= 11 is 0. The van der Waals surface area contributed by atoms with E-state index in [1.807, 2.05) is 91.0 Å². The van der Waals surface area contributed by atoms with Crippen LogP contribution in [0, 0.1) is 12.1 Å². The zero-order valence-corrected chi connectivity index (χ0v) is 38.5. The van der Waals surface area contributed by atoms with Crippen LogP contribution in [-0.2, 0) is 21.1 Å². The number of fused-ring (bicyclic) bond motifs is 1. The minimum atomic E-state index is 0. The number of benzene rings is 7. The van der Waals surface area contributed by atoms with E-state index in [1.54, 1.807) is 0 Å². The van der Waals surface area contributed by atoms with Gasteiger partial charge in [-0.1, -0.05) is 135 Å². The average molecular weight is 1020 g/mol. The number of para-hydroxylation sites is 1. The smallest absolute Gasteiger partial charge is 0.280 e. The molecule has 2 unspecified atom stereocenters. The van der Waals surface area contributed by atoms with Gasteiger partial charge in [0, 0.05) is 22.5 Å². The van der Waals surface area contributed by atoms with Gasteiger partial charge in [-0.3, -0.25) is 19.4 Å². The predicted molar refractivity (Wildman–Crippen MR) is 261 cm³/mol. The summed E-state index contributed by atoms with van der Waals surface area (Å²) in [4.78, 5) is 12.4. The molecule has 0 radical (unpaired) electrons. The molecule has 318 valence electrons. The van der Waals surface area contributed by atoms with Gasteiger partial charge >= 0.3 is 21.1 Å². The predicted octanol–water partition coefficient (Wildman–Crippen LogP) is 14.6. The first-order valence-electron chi connectivity index (χ1n) is 22.0. The minimum Gasteiger partial charge on any atom is -0.280 e. The SMILES string of the molecule is CCC(CC(C)c1ccc(N(c2cccc(-c3[c-]cccc3)n2)c2cccc(-c3[c-]cccc3)n2)cc1)c1ccc(-c2nnc(-c3cccc4ccccc34)n2-c2ccccc2)cc1.[Pt+2]. The molecule has 2 atom stereocenters. The van der Waals surface area contributed by atoms with Crippen molar-refractivity contribution in [3.05, 3.63) is 230 Å². The number of hydrogen-bond acceptors (Lipinski definition) is 5. The summed E-state index contributed by atoms with van der Waals surface area (Å²) < 4.78 is 2.18. The molecular formula is C58H46N6Pt. The number of nitrogens with zero attached hydrogens (tertiary/aromatic N) is 6. The molecule has 6 nitrogen and oxygen atoms in total. The van der Waals surface area contributed by atoms with E-state index in [2.05, 4.69) is 151 Å². The van der Waals surface area contributed by atoms with Crippen LogP contribution < -0.4 is 4.90 Å². The zero-order valence-electron chi connectivity index (χ0n) is 36.2. The van der Waals surface area contributed by atoms with Crippen molar-refractivity contribution in [3.63, 3.8) is 0 Å². The quantitative estimate of drug-likeness (QED) is 0.108. The third-order valence-corrected chi connectivity index (χ3v) is 12.1. The maximum Gasteiger partial charge on any atom is 2.00 e. The van der Waals surface area contributed by atoms with Crippen LogP contribution in [0.25, 0.3) is 61.8 Å². The number of anilines is 3. The van der Waals surface area contributed by atoms with Crippen molar-refractivity contribution in [2.45, 2.75) is 38.5 Å². The molecule has 0 saturated carbocycles. The van der Waals surface area contributed by atoms with Crippen molar-refractivity contribution >= 4 is 28.1 Å². The maximum absolute atomic E-state index is 5.15. The van der Waals surface area contributed by atoms with Crippen LogP contribution in [0.1, 0.15) is 49.7 Å². The van der Waals surface area contributed by atoms with Crippen molar-refractivity contribution in [2.75, 3.05) is 4.90 Å². The van der Waals surface area contributed by atoms with Gasteiger partial charge in [0.25, 0.3) is 0 Å². The number of rotatable bonds is 13. The normalized spacial score (nSPS) is 12.0. The van der Waals surface area contributed by atoms with Gasteiger partial charge in [-0.2, -0.15) is 0 Å². The van der Waals surface area contributed by atoms with Gasteiger partial charge < -0.3 is 0 Å². The molecule has 0 aliphatic heterocycles. The van der Waals surface area contributed by atoms with E-state index in [1.165, 1.54) is 16.5 Å². The van der Waals surface area contributed by atoms with Crippen LogP contribution in [0.4, 0.5) is 17.3 Å². The maximum atomic E-state index is 5.15. The molecule has 7 aromatic carbocycles. The first-order valence-corrected chi connectivity index (χ1v) is 22.0. The van der Waals surface area contributed by atoms with E-state index in [0.29, 0.717) is 11.8 Å². The van der Waals surface area contributed by atoms with Gasteiger partial charge in [-0.25, -0.2) is 0 Å². The summed E-state index contributed by atoms with van der Waals surface area (Å²) in [5, 5.41) is 12.0. The molecular weight excluding hydrogens is 976 g/mol. The molecule has 3 aromatic heterocycles. The first kappa shape index (κ1) is 43.0. The van der Waals surface area contributed by atoms with Gasteiger partial charge in [-0.05, 0) is 94.4 Å². The van der Waals surface area contributed by atoms with E-state index < -0.39 is 0 Å².